The van der Waals surface area contributed by atoms with Crippen molar-refractivity contribution in [1.82, 2.24) is 5.32 Å². The Morgan fingerprint density at radius 1 is 1.07 bits per heavy atom. The molecule has 0 unspecified atom stereocenters. The zero-order chi connectivity index (χ0) is 19.1. The predicted molar refractivity (Wildman–Crippen MR) is 95.8 cm³/mol. The van der Waals surface area contributed by atoms with Crippen LogP contribution in [-0.4, -0.2) is 30.4 Å². The van der Waals surface area contributed by atoms with Gasteiger partial charge in [0.15, 0.2) is 5.41 Å². The third-order valence-corrected chi connectivity index (χ3v) is 5.43. The summed E-state index contributed by atoms with van der Waals surface area (Å²) in [7, 11) is 0. The first kappa shape index (κ1) is 17.3. The molecule has 1 N–H and O–H groups in total. The van der Waals surface area contributed by atoms with Gasteiger partial charge in [0.1, 0.15) is 17.4 Å². The standard InChI is InChI=1S/C21H19NO5/c1-2-26-19(25)20-13-16(27-15-11-7-4-8-12-15)21(20,22-18(24)17(20)23)14-9-5-3-6-10-14/h3-12,16H,2,13H2,1H3,(H,22,24)/t16-,20-,21+/m1/s1. The molecule has 3 atom stereocenters. The van der Waals surface area contributed by atoms with E-state index in [0.717, 1.165) is 0 Å². The summed E-state index contributed by atoms with van der Waals surface area (Å²) >= 11 is 0. The van der Waals surface area contributed by atoms with Gasteiger partial charge < -0.3 is 14.8 Å². The molecule has 4 rings (SSSR count). The lowest BCUT2D eigenvalue weighted by atomic mass is 9.50. The highest BCUT2D eigenvalue weighted by molar-refractivity contribution is 6.45. The van der Waals surface area contributed by atoms with E-state index >= 15 is 0 Å². The fraction of sp³-hybridized carbons (Fsp3) is 0.286. The van der Waals surface area contributed by atoms with Crippen LogP contribution in [0.4, 0.5) is 0 Å². The average Bonchev–Trinajstić information content (AvgIpc) is 2.86. The summed E-state index contributed by atoms with van der Waals surface area (Å²) in [5, 5.41) is 2.77. The number of hydrogen-bond donors (Lipinski definition) is 1. The Labute approximate surface area is 156 Å². The van der Waals surface area contributed by atoms with Gasteiger partial charge in [-0.25, -0.2) is 0 Å². The molecule has 2 fully saturated rings. The Morgan fingerprint density at radius 2 is 1.70 bits per heavy atom. The Hall–Kier alpha value is -3.15. The molecule has 0 radical (unpaired) electrons. The molecule has 1 saturated heterocycles. The van der Waals surface area contributed by atoms with Gasteiger partial charge in [-0.05, 0) is 24.6 Å². The zero-order valence-electron chi connectivity index (χ0n) is 14.8. The molecule has 1 amide bonds. The number of para-hydroxylation sites is 1. The Balaban J connectivity index is 1.84. The molecule has 0 spiro atoms. The van der Waals surface area contributed by atoms with E-state index in [1.54, 1.807) is 43.3 Å². The Bertz CT molecular complexity index is 897. The van der Waals surface area contributed by atoms with Crippen LogP contribution in [0.3, 0.4) is 0 Å². The summed E-state index contributed by atoms with van der Waals surface area (Å²) in [6.07, 6.45) is -0.505. The minimum Gasteiger partial charge on any atom is -0.488 e. The van der Waals surface area contributed by atoms with Crippen LogP contribution in [0.2, 0.25) is 0 Å². The van der Waals surface area contributed by atoms with Crippen LogP contribution < -0.4 is 10.1 Å². The fourth-order valence-electron chi connectivity index (χ4n) is 4.21. The molecule has 27 heavy (non-hydrogen) atoms. The molecule has 1 heterocycles. The topological polar surface area (TPSA) is 81.7 Å². The second-order valence-electron chi connectivity index (χ2n) is 6.71. The summed E-state index contributed by atoms with van der Waals surface area (Å²) in [4.78, 5) is 38.1. The first-order valence-corrected chi connectivity index (χ1v) is 8.87. The number of esters is 1. The lowest BCUT2D eigenvalue weighted by Crippen LogP contribution is -2.73. The summed E-state index contributed by atoms with van der Waals surface area (Å²) in [5.74, 6) is -1.64. The number of carbonyl (C=O) groups is 3. The highest BCUT2D eigenvalue weighted by Crippen LogP contribution is 2.61. The molecule has 0 aromatic heterocycles. The normalized spacial score (nSPS) is 28.7. The van der Waals surface area contributed by atoms with E-state index in [4.69, 9.17) is 9.47 Å². The summed E-state index contributed by atoms with van der Waals surface area (Å²) < 4.78 is 11.3. The molecule has 1 aliphatic heterocycles. The van der Waals surface area contributed by atoms with Crippen molar-refractivity contribution in [2.24, 2.45) is 5.41 Å². The van der Waals surface area contributed by atoms with E-state index < -0.39 is 34.7 Å². The van der Waals surface area contributed by atoms with E-state index in [-0.39, 0.29) is 13.0 Å². The zero-order valence-corrected chi connectivity index (χ0v) is 14.8. The number of rotatable bonds is 5. The molecular formula is C21H19NO5. The number of benzene rings is 2. The SMILES string of the molecule is CCOC(=O)[C@]12C[C@@H](Oc3ccccc3)[C@]1(c1ccccc1)NC(=O)C2=O. The molecule has 6 nitrogen and oxygen atoms in total. The molecule has 1 saturated carbocycles. The van der Waals surface area contributed by atoms with Gasteiger partial charge in [-0.15, -0.1) is 0 Å². The maximum absolute atomic E-state index is 12.9. The number of ketones is 1. The lowest BCUT2D eigenvalue weighted by molar-refractivity contribution is -0.187. The number of nitrogens with one attached hydrogen (secondary N) is 1. The van der Waals surface area contributed by atoms with Crippen LogP contribution in [0.5, 0.6) is 5.75 Å². The molecule has 2 aromatic rings. The number of fused-ring (bicyclic) bond motifs is 1. The van der Waals surface area contributed by atoms with Crippen molar-refractivity contribution in [3.63, 3.8) is 0 Å². The predicted octanol–water partition coefficient (Wildman–Crippen LogP) is 1.98. The smallest absolute Gasteiger partial charge is 0.323 e. The lowest BCUT2D eigenvalue weighted by Gasteiger charge is -2.56. The van der Waals surface area contributed by atoms with E-state index in [0.29, 0.717) is 11.3 Å². The number of amides is 1. The van der Waals surface area contributed by atoms with Crippen molar-refractivity contribution in [1.29, 1.82) is 0 Å². The number of ether oxygens (including phenoxy) is 2. The van der Waals surface area contributed by atoms with E-state index in [2.05, 4.69) is 5.32 Å². The highest BCUT2D eigenvalue weighted by Gasteiger charge is 2.81. The summed E-state index contributed by atoms with van der Waals surface area (Å²) in [6, 6.07) is 18.1. The maximum atomic E-state index is 12.9. The average molecular weight is 365 g/mol. The van der Waals surface area contributed by atoms with Crippen molar-refractivity contribution in [2.75, 3.05) is 6.61 Å². The first-order valence-electron chi connectivity index (χ1n) is 8.87. The molecule has 0 bridgehead atoms. The Kier molecular flexibility index (Phi) is 3.98. The van der Waals surface area contributed by atoms with E-state index in [1.807, 2.05) is 24.3 Å². The van der Waals surface area contributed by atoms with Gasteiger partial charge >= 0.3 is 5.97 Å². The van der Waals surface area contributed by atoms with Crippen LogP contribution in [0.15, 0.2) is 60.7 Å². The molecule has 2 aromatic carbocycles. The minimum atomic E-state index is -1.61. The van der Waals surface area contributed by atoms with Gasteiger partial charge in [-0.3, -0.25) is 14.4 Å². The second-order valence-corrected chi connectivity index (χ2v) is 6.71. The minimum absolute atomic E-state index is 0.0766. The van der Waals surface area contributed by atoms with Gasteiger partial charge in [-0.1, -0.05) is 48.5 Å². The largest absolute Gasteiger partial charge is 0.488 e. The second kappa shape index (κ2) is 6.23. The quantitative estimate of drug-likeness (QED) is 0.498. The van der Waals surface area contributed by atoms with Crippen LogP contribution in [0.25, 0.3) is 0 Å². The monoisotopic (exact) mass is 365 g/mol. The molecular weight excluding hydrogens is 346 g/mol. The molecule has 138 valence electrons. The van der Waals surface area contributed by atoms with Gasteiger partial charge in [-0.2, -0.15) is 0 Å². The van der Waals surface area contributed by atoms with Gasteiger partial charge in [0.05, 0.1) is 6.61 Å². The van der Waals surface area contributed by atoms with Crippen molar-refractivity contribution in [3.8, 4) is 5.75 Å². The number of carbonyl (C=O) groups excluding carboxylic acids is 3. The summed E-state index contributed by atoms with van der Waals surface area (Å²) in [5.41, 5.74) is -2.25. The third kappa shape index (κ3) is 2.22. The van der Waals surface area contributed by atoms with Gasteiger partial charge in [0.25, 0.3) is 5.91 Å². The van der Waals surface area contributed by atoms with Crippen molar-refractivity contribution in [2.45, 2.75) is 25.0 Å². The molecule has 2 aliphatic rings. The molecule has 1 aliphatic carbocycles. The summed E-state index contributed by atoms with van der Waals surface area (Å²) in [6.45, 7) is 1.79. The fourth-order valence-corrected chi connectivity index (χ4v) is 4.21. The highest BCUT2D eigenvalue weighted by atomic mass is 16.5. The van der Waals surface area contributed by atoms with Crippen LogP contribution in [0.1, 0.15) is 18.9 Å². The number of Topliss-reactive ketones (excluding diaryl/α,β-unsaturated/α-hetero) is 1. The third-order valence-electron chi connectivity index (χ3n) is 5.43. The Morgan fingerprint density at radius 3 is 2.33 bits per heavy atom. The van der Waals surface area contributed by atoms with Crippen LogP contribution >= 0.6 is 0 Å². The maximum Gasteiger partial charge on any atom is 0.323 e. The molecule has 6 heteroatoms. The van der Waals surface area contributed by atoms with Crippen molar-refractivity contribution < 1.29 is 23.9 Å². The van der Waals surface area contributed by atoms with Gasteiger partial charge in [0, 0.05) is 6.42 Å². The van der Waals surface area contributed by atoms with Crippen molar-refractivity contribution in [3.05, 3.63) is 66.2 Å². The van der Waals surface area contributed by atoms with Crippen LogP contribution in [-0.2, 0) is 24.7 Å². The number of hydrogen-bond acceptors (Lipinski definition) is 5. The van der Waals surface area contributed by atoms with E-state index in [9.17, 15) is 14.4 Å². The van der Waals surface area contributed by atoms with Gasteiger partial charge in [0.2, 0.25) is 5.78 Å². The van der Waals surface area contributed by atoms with Crippen molar-refractivity contribution >= 4 is 17.7 Å². The van der Waals surface area contributed by atoms with E-state index in [1.165, 1.54) is 0 Å². The van der Waals surface area contributed by atoms with Crippen LogP contribution in [0, 0.1) is 5.41 Å². The first-order chi connectivity index (χ1) is 13.1.